The van der Waals surface area contributed by atoms with E-state index in [1.807, 2.05) is 0 Å². The maximum absolute atomic E-state index is 11.5. The van der Waals surface area contributed by atoms with E-state index in [-0.39, 0.29) is 17.9 Å². The molecule has 0 bridgehead atoms. The zero-order valence-electron chi connectivity index (χ0n) is 8.69. The van der Waals surface area contributed by atoms with Gasteiger partial charge < -0.3 is 20.9 Å². The van der Waals surface area contributed by atoms with Crippen molar-refractivity contribution in [3.05, 3.63) is 23.8 Å². The van der Waals surface area contributed by atoms with E-state index in [2.05, 4.69) is 5.32 Å². The van der Waals surface area contributed by atoms with Crippen molar-refractivity contribution in [3.8, 4) is 11.5 Å². The van der Waals surface area contributed by atoms with Gasteiger partial charge in [0.1, 0.15) is 11.5 Å². The first-order chi connectivity index (χ1) is 7.54. The number of amides is 2. The van der Waals surface area contributed by atoms with Gasteiger partial charge in [-0.05, 0) is 18.2 Å². The van der Waals surface area contributed by atoms with E-state index in [9.17, 15) is 14.7 Å². The van der Waals surface area contributed by atoms with Crippen LogP contribution in [0.2, 0.25) is 0 Å². The van der Waals surface area contributed by atoms with Gasteiger partial charge in [0.05, 0.1) is 19.2 Å². The van der Waals surface area contributed by atoms with Crippen LogP contribution in [-0.4, -0.2) is 30.6 Å². The molecule has 0 spiro atoms. The molecule has 0 fully saturated rings. The van der Waals surface area contributed by atoms with E-state index in [4.69, 9.17) is 10.5 Å². The van der Waals surface area contributed by atoms with E-state index in [1.54, 1.807) is 0 Å². The van der Waals surface area contributed by atoms with Crippen LogP contribution in [0.5, 0.6) is 11.5 Å². The molecule has 4 N–H and O–H groups in total. The standard InChI is InChI=1S/C10H12N2O4/c1-16-6-2-3-8(13)7(4-6)10(15)12-5-9(11)14/h2-4,13H,5H2,1H3,(H2,11,14)(H,12,15). The smallest absolute Gasteiger partial charge is 0.255 e. The zero-order chi connectivity index (χ0) is 12.1. The van der Waals surface area contributed by atoms with Crippen molar-refractivity contribution in [1.29, 1.82) is 0 Å². The van der Waals surface area contributed by atoms with Crippen LogP contribution in [-0.2, 0) is 4.79 Å². The molecular weight excluding hydrogens is 212 g/mol. The number of hydrogen-bond donors (Lipinski definition) is 3. The van der Waals surface area contributed by atoms with E-state index in [1.165, 1.54) is 25.3 Å². The van der Waals surface area contributed by atoms with Crippen molar-refractivity contribution >= 4 is 11.8 Å². The quantitative estimate of drug-likeness (QED) is 0.648. The highest BCUT2D eigenvalue weighted by Crippen LogP contribution is 2.22. The normalized spacial score (nSPS) is 9.56. The second-order valence-corrected chi connectivity index (χ2v) is 3.03. The number of aromatic hydroxyl groups is 1. The molecule has 86 valence electrons. The third kappa shape index (κ3) is 2.88. The summed E-state index contributed by atoms with van der Waals surface area (Å²) in [5.74, 6) is -1.00. The molecule has 0 aromatic heterocycles. The Hall–Kier alpha value is -2.24. The minimum atomic E-state index is -0.657. The van der Waals surface area contributed by atoms with Crippen LogP contribution >= 0.6 is 0 Å². The summed E-state index contributed by atoms with van der Waals surface area (Å²) >= 11 is 0. The molecule has 1 aromatic carbocycles. The zero-order valence-corrected chi connectivity index (χ0v) is 8.69. The van der Waals surface area contributed by atoms with Gasteiger partial charge in [-0.15, -0.1) is 0 Å². The van der Waals surface area contributed by atoms with Crippen LogP contribution in [0, 0.1) is 0 Å². The van der Waals surface area contributed by atoms with E-state index in [0.29, 0.717) is 5.75 Å². The maximum Gasteiger partial charge on any atom is 0.255 e. The Morgan fingerprint density at radius 3 is 2.75 bits per heavy atom. The summed E-state index contributed by atoms with van der Waals surface area (Å²) in [7, 11) is 1.44. The molecule has 0 heterocycles. The molecule has 16 heavy (non-hydrogen) atoms. The van der Waals surface area contributed by atoms with Crippen LogP contribution in [0.15, 0.2) is 18.2 Å². The van der Waals surface area contributed by atoms with Crippen LogP contribution in [0.25, 0.3) is 0 Å². The predicted molar refractivity (Wildman–Crippen MR) is 56.2 cm³/mol. The lowest BCUT2D eigenvalue weighted by Crippen LogP contribution is -2.33. The first-order valence-corrected chi connectivity index (χ1v) is 4.48. The topological polar surface area (TPSA) is 102 Å². The molecule has 0 saturated heterocycles. The Balaban J connectivity index is 2.85. The number of benzene rings is 1. The number of hydrogen-bond acceptors (Lipinski definition) is 4. The minimum absolute atomic E-state index is 0.0283. The summed E-state index contributed by atoms with van der Waals surface area (Å²) in [6.45, 7) is -0.282. The lowest BCUT2D eigenvalue weighted by molar-refractivity contribution is -0.117. The van der Waals surface area contributed by atoms with Gasteiger partial charge in [-0.25, -0.2) is 0 Å². The number of nitrogens with two attached hydrogens (primary N) is 1. The number of primary amides is 1. The second-order valence-electron chi connectivity index (χ2n) is 3.03. The van der Waals surface area contributed by atoms with Crippen LogP contribution in [0.1, 0.15) is 10.4 Å². The fraction of sp³-hybridized carbons (Fsp3) is 0.200. The van der Waals surface area contributed by atoms with Gasteiger partial charge in [0.15, 0.2) is 0 Å². The van der Waals surface area contributed by atoms with Crippen molar-refractivity contribution in [2.24, 2.45) is 5.73 Å². The summed E-state index contributed by atoms with van der Waals surface area (Å²) in [6.07, 6.45) is 0. The molecule has 6 nitrogen and oxygen atoms in total. The minimum Gasteiger partial charge on any atom is -0.507 e. The van der Waals surface area contributed by atoms with Gasteiger partial charge >= 0.3 is 0 Å². The van der Waals surface area contributed by atoms with Gasteiger partial charge in [-0.1, -0.05) is 0 Å². The van der Waals surface area contributed by atoms with Crippen molar-refractivity contribution in [2.75, 3.05) is 13.7 Å². The number of carbonyl (C=O) groups is 2. The van der Waals surface area contributed by atoms with E-state index < -0.39 is 11.8 Å². The lowest BCUT2D eigenvalue weighted by Gasteiger charge is -2.07. The Labute approximate surface area is 92.0 Å². The van der Waals surface area contributed by atoms with Crippen molar-refractivity contribution in [1.82, 2.24) is 5.32 Å². The Morgan fingerprint density at radius 1 is 1.50 bits per heavy atom. The second kappa shape index (κ2) is 5.01. The molecule has 0 aliphatic heterocycles. The van der Waals surface area contributed by atoms with Gasteiger partial charge in [-0.3, -0.25) is 9.59 Å². The SMILES string of the molecule is COc1ccc(O)c(C(=O)NCC(N)=O)c1. The molecule has 1 rings (SSSR count). The largest absolute Gasteiger partial charge is 0.507 e. The average molecular weight is 224 g/mol. The number of rotatable bonds is 4. The third-order valence-electron chi connectivity index (χ3n) is 1.87. The highest BCUT2D eigenvalue weighted by atomic mass is 16.5. The summed E-state index contributed by atoms with van der Waals surface area (Å²) in [5.41, 5.74) is 4.90. The first-order valence-electron chi connectivity index (χ1n) is 4.48. The average Bonchev–Trinajstić information content (AvgIpc) is 2.26. The molecule has 1 aromatic rings. The van der Waals surface area contributed by atoms with E-state index >= 15 is 0 Å². The van der Waals surface area contributed by atoms with Crippen LogP contribution < -0.4 is 15.8 Å². The monoisotopic (exact) mass is 224 g/mol. The Kier molecular flexibility index (Phi) is 3.71. The fourth-order valence-electron chi connectivity index (χ4n) is 1.09. The highest BCUT2D eigenvalue weighted by molar-refractivity contribution is 5.98. The third-order valence-corrected chi connectivity index (χ3v) is 1.87. The Bertz CT molecular complexity index is 417. The highest BCUT2D eigenvalue weighted by Gasteiger charge is 2.12. The summed E-state index contributed by atoms with van der Waals surface area (Å²) < 4.78 is 4.90. The maximum atomic E-state index is 11.5. The number of methoxy groups -OCH3 is 1. The molecule has 6 heteroatoms. The molecule has 0 atom stereocenters. The number of phenolic OH excluding ortho intramolecular Hbond substituents is 1. The van der Waals surface area contributed by atoms with Crippen LogP contribution in [0.4, 0.5) is 0 Å². The molecule has 0 aliphatic rings. The first kappa shape index (κ1) is 11.8. The summed E-state index contributed by atoms with van der Waals surface area (Å²) in [5, 5.41) is 11.7. The molecule has 0 unspecified atom stereocenters. The predicted octanol–water partition coefficient (Wildman–Crippen LogP) is -0.384. The lowest BCUT2D eigenvalue weighted by atomic mass is 10.1. The van der Waals surface area contributed by atoms with Crippen LogP contribution in [0.3, 0.4) is 0 Å². The molecule has 0 aliphatic carbocycles. The van der Waals surface area contributed by atoms with Crippen molar-refractivity contribution in [2.45, 2.75) is 0 Å². The number of carbonyl (C=O) groups excluding carboxylic acids is 2. The van der Waals surface area contributed by atoms with Gasteiger partial charge in [0, 0.05) is 0 Å². The van der Waals surface area contributed by atoms with Crippen molar-refractivity contribution < 1.29 is 19.4 Å². The summed E-state index contributed by atoms with van der Waals surface area (Å²) in [6, 6.07) is 4.21. The van der Waals surface area contributed by atoms with Gasteiger partial charge in [0.2, 0.25) is 5.91 Å². The van der Waals surface area contributed by atoms with Gasteiger partial charge in [0.25, 0.3) is 5.91 Å². The summed E-state index contributed by atoms with van der Waals surface area (Å²) in [4.78, 5) is 22.0. The number of nitrogens with one attached hydrogen (secondary N) is 1. The molecule has 0 saturated carbocycles. The number of phenols is 1. The molecular formula is C10H12N2O4. The fourth-order valence-corrected chi connectivity index (χ4v) is 1.09. The van der Waals surface area contributed by atoms with E-state index in [0.717, 1.165) is 0 Å². The molecule has 2 amide bonds. The van der Waals surface area contributed by atoms with Crippen molar-refractivity contribution in [3.63, 3.8) is 0 Å². The van der Waals surface area contributed by atoms with Gasteiger partial charge in [-0.2, -0.15) is 0 Å². The molecule has 0 radical (unpaired) electrons. The number of ether oxygens (including phenoxy) is 1. The Morgan fingerprint density at radius 2 is 2.19 bits per heavy atom.